The smallest absolute Gasteiger partial charge is 0.264 e. The molecule has 2 bridgehead atoms. The van der Waals surface area contributed by atoms with Crippen molar-refractivity contribution in [1.29, 1.82) is 0 Å². The summed E-state index contributed by atoms with van der Waals surface area (Å²) < 4.78 is 56.5. The van der Waals surface area contributed by atoms with E-state index in [-0.39, 0.29) is 47.7 Å². The summed E-state index contributed by atoms with van der Waals surface area (Å²) >= 11 is 0. The molecule has 0 saturated heterocycles. The Labute approximate surface area is 155 Å². The van der Waals surface area contributed by atoms with Gasteiger partial charge in [-0.15, -0.1) is 0 Å². The highest BCUT2D eigenvalue weighted by molar-refractivity contribution is 7.86. The van der Waals surface area contributed by atoms with Crippen LogP contribution in [0.5, 0.6) is 0 Å². The minimum atomic E-state index is -3.57. The van der Waals surface area contributed by atoms with Crippen molar-refractivity contribution in [3.63, 3.8) is 0 Å². The first-order valence-electron chi connectivity index (χ1n) is 8.81. The van der Waals surface area contributed by atoms with Gasteiger partial charge in [0.15, 0.2) is 0 Å². The third-order valence-corrected chi connectivity index (χ3v) is 7.89. The van der Waals surface area contributed by atoms with Crippen LogP contribution in [0.4, 0.5) is 0 Å². The first kappa shape index (κ1) is 18.4. The Hall–Kier alpha value is -0.960. The molecule has 5 rings (SSSR count). The van der Waals surface area contributed by atoms with E-state index in [2.05, 4.69) is 36.5 Å². The number of rotatable bonds is 6. The maximum atomic E-state index is 11.6. The molecule has 6 nitrogen and oxygen atoms in total. The molecular formula is C18H24O6S2. The van der Waals surface area contributed by atoms with Crippen molar-refractivity contribution < 1.29 is 25.2 Å². The van der Waals surface area contributed by atoms with Crippen molar-refractivity contribution in [2.24, 2.45) is 34.5 Å². The van der Waals surface area contributed by atoms with Crippen molar-refractivity contribution in [2.75, 3.05) is 25.7 Å². The van der Waals surface area contributed by atoms with E-state index in [9.17, 15) is 16.8 Å². The Morgan fingerprint density at radius 1 is 0.808 bits per heavy atom. The van der Waals surface area contributed by atoms with E-state index >= 15 is 0 Å². The summed E-state index contributed by atoms with van der Waals surface area (Å²) in [5, 5.41) is 0. The van der Waals surface area contributed by atoms with Crippen LogP contribution in [0.15, 0.2) is 36.5 Å². The molecule has 144 valence electrons. The molecule has 1 saturated carbocycles. The molecule has 0 aromatic heterocycles. The van der Waals surface area contributed by atoms with Gasteiger partial charge in [-0.2, -0.15) is 16.8 Å². The van der Waals surface area contributed by atoms with Gasteiger partial charge in [0.2, 0.25) is 0 Å². The molecule has 5 aliphatic rings. The zero-order valence-electron chi connectivity index (χ0n) is 14.9. The van der Waals surface area contributed by atoms with Crippen molar-refractivity contribution in [2.45, 2.75) is 12.8 Å². The molecule has 0 aliphatic heterocycles. The fourth-order valence-corrected chi connectivity index (χ4v) is 6.53. The van der Waals surface area contributed by atoms with Gasteiger partial charge in [-0.1, -0.05) is 36.5 Å². The molecule has 0 amide bonds. The second-order valence-electron chi connectivity index (χ2n) is 8.04. The number of hydrogen-bond donors (Lipinski definition) is 0. The van der Waals surface area contributed by atoms with E-state index in [1.54, 1.807) is 0 Å². The Bertz CT molecular complexity index is 828. The quantitative estimate of drug-likeness (QED) is 0.500. The van der Waals surface area contributed by atoms with E-state index in [1.807, 2.05) is 0 Å². The molecule has 0 spiro atoms. The third kappa shape index (κ3) is 2.65. The second-order valence-corrected chi connectivity index (χ2v) is 11.3. The Morgan fingerprint density at radius 2 is 1.19 bits per heavy atom. The van der Waals surface area contributed by atoms with Gasteiger partial charge >= 0.3 is 0 Å². The zero-order chi connectivity index (χ0) is 18.8. The molecule has 0 aromatic rings. The van der Waals surface area contributed by atoms with Gasteiger partial charge in [0, 0.05) is 10.8 Å². The molecule has 0 heterocycles. The second kappa shape index (κ2) is 5.77. The summed E-state index contributed by atoms with van der Waals surface area (Å²) in [5.41, 5.74) is -0.0391. The van der Waals surface area contributed by atoms with Gasteiger partial charge in [-0.3, -0.25) is 8.37 Å². The predicted octanol–water partition coefficient (Wildman–Crippen LogP) is 1.88. The molecule has 5 aliphatic carbocycles. The van der Waals surface area contributed by atoms with Gasteiger partial charge in [0.25, 0.3) is 20.2 Å². The van der Waals surface area contributed by atoms with Crippen LogP contribution in [0.3, 0.4) is 0 Å². The van der Waals surface area contributed by atoms with Gasteiger partial charge in [-0.05, 0) is 36.5 Å². The van der Waals surface area contributed by atoms with Crippen LogP contribution in [0.25, 0.3) is 0 Å². The fraction of sp³-hybridized carbons (Fsp3) is 0.667. The summed E-state index contributed by atoms with van der Waals surface area (Å²) in [4.78, 5) is 0. The first-order valence-corrected chi connectivity index (χ1v) is 12.4. The normalized spacial score (nSPS) is 43.0. The van der Waals surface area contributed by atoms with Gasteiger partial charge in [-0.25, -0.2) is 0 Å². The topological polar surface area (TPSA) is 86.7 Å². The summed E-state index contributed by atoms with van der Waals surface area (Å²) in [7, 11) is -7.14. The molecule has 6 atom stereocenters. The summed E-state index contributed by atoms with van der Waals surface area (Å²) in [6.07, 6.45) is 17.2. The molecular weight excluding hydrogens is 376 g/mol. The van der Waals surface area contributed by atoms with Gasteiger partial charge in [0.05, 0.1) is 25.7 Å². The highest BCUT2D eigenvalue weighted by Gasteiger charge is 2.69. The first-order chi connectivity index (χ1) is 12.1. The minimum absolute atomic E-state index is 0.0196. The Kier molecular flexibility index (Phi) is 4.08. The fourth-order valence-electron chi connectivity index (χ4n) is 5.72. The molecule has 8 heteroatoms. The highest BCUT2D eigenvalue weighted by Crippen LogP contribution is 2.74. The molecule has 0 unspecified atom stereocenters. The molecule has 1 fully saturated rings. The van der Waals surface area contributed by atoms with E-state index in [1.165, 1.54) is 0 Å². The van der Waals surface area contributed by atoms with Crippen LogP contribution < -0.4 is 0 Å². The van der Waals surface area contributed by atoms with Crippen molar-refractivity contribution in [3.8, 4) is 0 Å². The number of fused-ring (bicyclic) bond motifs is 1. The van der Waals surface area contributed by atoms with E-state index in [0.717, 1.165) is 25.4 Å². The monoisotopic (exact) mass is 400 g/mol. The number of hydrogen-bond acceptors (Lipinski definition) is 6. The SMILES string of the molecule is CS(=O)(=O)OC[C@@H]1[C@@H](COS(C)(=O)=O)[C@@H]2C=C[C@@H]1[C@@]13C=C[C@@]21CC=CC3. The van der Waals surface area contributed by atoms with Gasteiger partial charge < -0.3 is 0 Å². The van der Waals surface area contributed by atoms with Crippen molar-refractivity contribution >= 4 is 20.2 Å². The summed E-state index contributed by atoms with van der Waals surface area (Å²) in [6.45, 7) is 0.106. The van der Waals surface area contributed by atoms with Crippen LogP contribution >= 0.6 is 0 Å². The average molecular weight is 401 g/mol. The van der Waals surface area contributed by atoms with Crippen LogP contribution in [0, 0.1) is 34.5 Å². The van der Waals surface area contributed by atoms with E-state index in [0.29, 0.717) is 0 Å². The van der Waals surface area contributed by atoms with Crippen LogP contribution in [-0.2, 0) is 28.6 Å². The Morgan fingerprint density at radius 3 is 1.50 bits per heavy atom. The summed E-state index contributed by atoms with van der Waals surface area (Å²) in [5.74, 6) is 0.00632. The largest absolute Gasteiger partial charge is 0.270 e. The third-order valence-electron chi connectivity index (χ3n) is 6.76. The molecule has 0 radical (unpaired) electrons. The maximum Gasteiger partial charge on any atom is 0.264 e. The van der Waals surface area contributed by atoms with E-state index in [4.69, 9.17) is 8.37 Å². The lowest BCUT2D eigenvalue weighted by atomic mass is 9.33. The van der Waals surface area contributed by atoms with Crippen LogP contribution in [-0.4, -0.2) is 42.6 Å². The summed E-state index contributed by atoms with van der Waals surface area (Å²) in [6, 6.07) is 0. The highest BCUT2D eigenvalue weighted by atomic mass is 32.2. The van der Waals surface area contributed by atoms with Crippen molar-refractivity contribution in [3.05, 3.63) is 36.5 Å². The van der Waals surface area contributed by atoms with E-state index < -0.39 is 20.2 Å². The van der Waals surface area contributed by atoms with Gasteiger partial charge in [0.1, 0.15) is 0 Å². The van der Waals surface area contributed by atoms with Crippen LogP contribution in [0.1, 0.15) is 12.8 Å². The molecule has 0 N–H and O–H groups in total. The van der Waals surface area contributed by atoms with Crippen LogP contribution in [0.2, 0.25) is 0 Å². The Balaban J connectivity index is 1.70. The predicted molar refractivity (Wildman–Crippen MR) is 97.1 cm³/mol. The zero-order valence-corrected chi connectivity index (χ0v) is 16.5. The lowest BCUT2D eigenvalue weighted by Crippen LogP contribution is -2.66. The molecule has 0 aromatic carbocycles. The standard InChI is InChI=1S/C18H24O6S2/c1-25(19,20)23-11-13-14(12-24-26(2,21)22)16-6-5-15(13)17-7-3-4-8-18(16,17)10-9-17/h3-6,9-10,13-16H,7-8,11-12H2,1-2H3/t13-,14-,15+,16+,17-,18+/m1/s1. The lowest BCUT2D eigenvalue weighted by Gasteiger charge is -2.70. The minimum Gasteiger partial charge on any atom is -0.270 e. The maximum absolute atomic E-state index is 11.6. The average Bonchev–Trinajstić information content (AvgIpc) is 2.51. The number of allylic oxidation sites excluding steroid dienone is 6. The molecule has 26 heavy (non-hydrogen) atoms. The van der Waals surface area contributed by atoms with Crippen molar-refractivity contribution in [1.82, 2.24) is 0 Å². The lowest BCUT2D eigenvalue weighted by molar-refractivity contribution is -0.130.